The maximum absolute atomic E-state index is 12.0. The van der Waals surface area contributed by atoms with Gasteiger partial charge in [-0.3, -0.25) is 14.3 Å². The summed E-state index contributed by atoms with van der Waals surface area (Å²) >= 11 is 0. The fourth-order valence-corrected chi connectivity index (χ4v) is 5.20. The Morgan fingerprint density at radius 2 is 1.90 bits per heavy atom. The van der Waals surface area contributed by atoms with Crippen molar-refractivity contribution in [3.05, 3.63) is 26.7 Å². The first-order chi connectivity index (χ1) is 10.2. The predicted octanol–water partition coefficient (Wildman–Crippen LogP) is 1.19. The Kier molecular flexibility index (Phi) is 2.06. The van der Waals surface area contributed by atoms with Crippen LogP contribution in [-0.2, 0) is 6.54 Å². The van der Waals surface area contributed by atoms with Crippen LogP contribution in [0.15, 0.2) is 9.59 Å². The van der Waals surface area contributed by atoms with Gasteiger partial charge in [0.2, 0.25) is 0 Å². The summed E-state index contributed by atoms with van der Waals surface area (Å²) in [6, 6.07) is 0. The van der Waals surface area contributed by atoms with Crippen molar-refractivity contribution in [3.63, 3.8) is 0 Å². The zero-order chi connectivity index (χ0) is 14.3. The summed E-state index contributed by atoms with van der Waals surface area (Å²) in [5.74, 6) is 4.68. The van der Waals surface area contributed by atoms with Crippen molar-refractivity contribution in [1.82, 2.24) is 19.5 Å². The van der Waals surface area contributed by atoms with Crippen molar-refractivity contribution in [1.29, 1.82) is 0 Å². The number of aryl methyl sites for hydroxylation is 1. The summed E-state index contributed by atoms with van der Waals surface area (Å²) in [4.78, 5) is 34.0. The molecule has 0 spiro atoms. The molecule has 110 valence electrons. The molecule has 2 heterocycles. The van der Waals surface area contributed by atoms with Gasteiger partial charge < -0.3 is 4.98 Å². The third-order valence-corrected chi connectivity index (χ3v) is 6.02. The van der Waals surface area contributed by atoms with Crippen molar-refractivity contribution >= 4 is 11.2 Å². The molecule has 6 heteroatoms. The van der Waals surface area contributed by atoms with Gasteiger partial charge >= 0.3 is 5.69 Å². The van der Waals surface area contributed by atoms with Gasteiger partial charge in [-0.25, -0.2) is 9.78 Å². The van der Waals surface area contributed by atoms with Crippen molar-refractivity contribution in [2.24, 2.45) is 23.7 Å². The molecule has 0 aromatic carbocycles. The van der Waals surface area contributed by atoms with E-state index in [1.807, 2.05) is 6.92 Å². The van der Waals surface area contributed by atoms with E-state index < -0.39 is 0 Å². The van der Waals surface area contributed by atoms with Crippen LogP contribution in [0.4, 0.5) is 0 Å². The Hall–Kier alpha value is -1.85. The molecule has 0 saturated heterocycles. The molecule has 0 aliphatic heterocycles. The van der Waals surface area contributed by atoms with Crippen LogP contribution >= 0.6 is 0 Å². The van der Waals surface area contributed by atoms with Gasteiger partial charge in [0.25, 0.3) is 5.56 Å². The van der Waals surface area contributed by atoms with E-state index >= 15 is 0 Å². The summed E-state index contributed by atoms with van der Waals surface area (Å²) in [5.41, 5.74) is 0.235. The van der Waals surface area contributed by atoms with Crippen LogP contribution in [0.1, 0.15) is 37.9 Å². The van der Waals surface area contributed by atoms with Gasteiger partial charge in [0, 0.05) is 12.5 Å². The number of nitrogens with zero attached hydrogens (tertiary/aromatic N) is 2. The molecule has 2 aromatic heterocycles. The highest BCUT2D eigenvalue weighted by Crippen LogP contribution is 2.72. The van der Waals surface area contributed by atoms with Crippen LogP contribution in [0, 0.1) is 23.7 Å². The smallest absolute Gasteiger partial charge is 0.330 e. The van der Waals surface area contributed by atoms with Crippen LogP contribution in [0.25, 0.3) is 11.2 Å². The Labute approximate surface area is 120 Å². The number of hydrogen-bond acceptors (Lipinski definition) is 3. The average Bonchev–Trinajstić information content (AvgIpc) is 2.84. The normalized spacial score (nSPS) is 36.3. The number of hydrogen-bond donors (Lipinski definition) is 2. The van der Waals surface area contributed by atoms with Crippen molar-refractivity contribution in [3.8, 4) is 0 Å². The fraction of sp³-hybridized carbons (Fsp3) is 0.667. The largest absolute Gasteiger partial charge is 0.336 e. The van der Waals surface area contributed by atoms with Crippen LogP contribution in [0.3, 0.4) is 0 Å². The molecule has 3 aliphatic rings. The van der Waals surface area contributed by atoms with Gasteiger partial charge in [-0.2, -0.15) is 0 Å². The number of imidazole rings is 1. The summed E-state index contributed by atoms with van der Waals surface area (Å²) in [6.07, 6.45) is 4.12. The highest BCUT2D eigenvalue weighted by Gasteiger charge is 2.66. The third kappa shape index (κ3) is 1.35. The minimum absolute atomic E-state index is 0.354. The second-order valence-electron chi connectivity index (χ2n) is 6.84. The molecular formula is C15H18N4O2. The van der Waals surface area contributed by atoms with Crippen molar-refractivity contribution in [2.75, 3.05) is 0 Å². The predicted molar refractivity (Wildman–Crippen MR) is 77.2 cm³/mol. The zero-order valence-electron chi connectivity index (χ0n) is 11.9. The van der Waals surface area contributed by atoms with Crippen LogP contribution in [0.5, 0.6) is 0 Å². The molecule has 0 amide bonds. The first-order valence-electron chi connectivity index (χ1n) is 7.91. The van der Waals surface area contributed by atoms with Gasteiger partial charge in [-0.15, -0.1) is 0 Å². The first kappa shape index (κ1) is 11.8. The van der Waals surface area contributed by atoms with Gasteiger partial charge in [-0.05, 0) is 49.9 Å². The topological polar surface area (TPSA) is 83.5 Å². The number of H-pyrrole nitrogens is 2. The van der Waals surface area contributed by atoms with Crippen LogP contribution < -0.4 is 11.2 Å². The average molecular weight is 286 g/mol. The SMILES string of the molecule is CCn1c(=O)[nH]c(=O)c2[nH]c(C3C4C5CCC(C5)C34)nc21. The fourth-order valence-electron chi connectivity index (χ4n) is 5.20. The minimum atomic E-state index is -0.371. The zero-order valence-corrected chi connectivity index (χ0v) is 11.9. The highest BCUT2D eigenvalue weighted by molar-refractivity contribution is 5.70. The molecule has 2 aromatic rings. The van der Waals surface area contributed by atoms with E-state index in [2.05, 4.69) is 15.0 Å². The van der Waals surface area contributed by atoms with Crippen molar-refractivity contribution < 1.29 is 0 Å². The maximum atomic E-state index is 12.0. The lowest BCUT2D eigenvalue weighted by molar-refractivity contribution is 0.456. The molecule has 4 atom stereocenters. The lowest BCUT2D eigenvalue weighted by atomic mass is 10.0. The minimum Gasteiger partial charge on any atom is -0.336 e. The number of aromatic amines is 2. The standard InChI is InChI=1S/C15H18N4O2/c1-2-19-13-11(14(20)18-15(19)21)16-12(17-13)10-8-6-3-4-7(5-6)9(8)10/h6-10H,2-5H2,1H3,(H,16,17)(H,18,20,21). The molecule has 0 radical (unpaired) electrons. The monoisotopic (exact) mass is 286 g/mol. The summed E-state index contributed by atoms with van der Waals surface area (Å²) in [5, 5.41) is 0. The van der Waals surface area contributed by atoms with E-state index in [1.165, 1.54) is 23.8 Å². The second kappa shape index (κ2) is 3.67. The Morgan fingerprint density at radius 1 is 1.19 bits per heavy atom. The van der Waals surface area contributed by atoms with Crippen molar-refractivity contribution in [2.45, 2.75) is 38.6 Å². The first-order valence-corrected chi connectivity index (χ1v) is 7.91. The van der Waals surface area contributed by atoms with E-state index in [0.29, 0.717) is 23.6 Å². The van der Waals surface area contributed by atoms with Gasteiger partial charge in [0.05, 0.1) is 0 Å². The van der Waals surface area contributed by atoms with E-state index in [1.54, 1.807) is 0 Å². The third-order valence-electron chi connectivity index (χ3n) is 6.02. The van der Waals surface area contributed by atoms with E-state index in [4.69, 9.17) is 0 Å². The number of rotatable bonds is 2. The van der Waals surface area contributed by atoms with Gasteiger partial charge in [0.15, 0.2) is 5.65 Å². The Balaban J connectivity index is 1.65. The van der Waals surface area contributed by atoms with Crippen LogP contribution in [-0.4, -0.2) is 19.5 Å². The number of fused-ring (bicyclic) bond motifs is 6. The summed E-state index contributed by atoms with van der Waals surface area (Å²) < 4.78 is 1.53. The Bertz CT molecular complexity index is 845. The Morgan fingerprint density at radius 3 is 2.57 bits per heavy atom. The summed E-state index contributed by atoms with van der Waals surface area (Å²) in [7, 11) is 0. The molecule has 3 fully saturated rings. The van der Waals surface area contributed by atoms with Crippen LogP contribution in [0.2, 0.25) is 0 Å². The lowest BCUT2D eigenvalue weighted by Crippen LogP contribution is -2.29. The van der Waals surface area contributed by atoms with E-state index in [9.17, 15) is 9.59 Å². The molecule has 4 unspecified atom stereocenters. The molecule has 2 N–H and O–H groups in total. The summed E-state index contributed by atoms with van der Waals surface area (Å²) in [6.45, 7) is 2.40. The second-order valence-corrected chi connectivity index (χ2v) is 6.84. The number of nitrogens with one attached hydrogen (secondary N) is 2. The quantitative estimate of drug-likeness (QED) is 0.870. The molecule has 2 bridgehead atoms. The van der Waals surface area contributed by atoms with E-state index in [0.717, 1.165) is 29.5 Å². The molecule has 5 rings (SSSR count). The molecule has 21 heavy (non-hydrogen) atoms. The molecule has 3 saturated carbocycles. The lowest BCUT2D eigenvalue weighted by Gasteiger charge is -2.05. The van der Waals surface area contributed by atoms with Gasteiger partial charge in [-0.1, -0.05) is 0 Å². The molecule has 6 nitrogen and oxygen atoms in total. The highest BCUT2D eigenvalue weighted by atomic mass is 16.2. The van der Waals surface area contributed by atoms with Gasteiger partial charge in [0.1, 0.15) is 11.3 Å². The van der Waals surface area contributed by atoms with E-state index in [-0.39, 0.29) is 11.2 Å². The number of aromatic nitrogens is 4. The molecular weight excluding hydrogens is 268 g/mol. The molecule has 3 aliphatic carbocycles. The maximum Gasteiger partial charge on any atom is 0.330 e.